The summed E-state index contributed by atoms with van der Waals surface area (Å²) in [5.41, 5.74) is 3.60. The number of nitrogens with two attached hydrogens (primary N) is 1. The normalized spacial score (nSPS) is 13.2. The summed E-state index contributed by atoms with van der Waals surface area (Å²) in [6.07, 6.45) is -8.29. The second kappa shape index (κ2) is 10.2. The molecule has 4 rings (SSSR count). The van der Waals surface area contributed by atoms with E-state index in [0.29, 0.717) is 29.1 Å². The molecule has 4 heterocycles. The van der Waals surface area contributed by atoms with Crippen LogP contribution in [0.15, 0.2) is 16.7 Å². The Morgan fingerprint density at radius 2 is 1.77 bits per heavy atom. The van der Waals surface area contributed by atoms with Crippen LogP contribution in [0, 0.1) is 13.8 Å². The van der Waals surface area contributed by atoms with Gasteiger partial charge in [-0.3, -0.25) is 19.0 Å². The number of aryl methyl sites for hydroxylation is 1. The van der Waals surface area contributed by atoms with Crippen molar-refractivity contribution in [3.8, 4) is 11.1 Å². The number of carbonyl (C=O) groups is 2. The second-order valence-corrected chi connectivity index (χ2v) is 10.5. The van der Waals surface area contributed by atoms with Crippen LogP contribution in [0.2, 0.25) is 0 Å². The minimum atomic E-state index is -4.84. The predicted molar refractivity (Wildman–Crippen MR) is 138 cm³/mol. The highest BCUT2D eigenvalue weighted by atomic mass is 79.9. The first-order valence-corrected chi connectivity index (χ1v) is 13.1. The minimum Gasteiger partial charge on any atom is -0.365 e. The predicted octanol–water partition coefficient (Wildman–Crippen LogP) is 6.09. The smallest absolute Gasteiger partial charge is 0.365 e. The number of halogens is 7. The zero-order chi connectivity index (χ0) is 29.9. The molecule has 0 spiro atoms. The molecule has 0 bridgehead atoms. The number of nitrogens with zero attached hydrogens (tertiary/aromatic N) is 5. The number of amides is 2. The van der Waals surface area contributed by atoms with E-state index in [1.54, 1.807) is 18.5 Å². The van der Waals surface area contributed by atoms with Crippen LogP contribution in [0.25, 0.3) is 21.3 Å². The van der Waals surface area contributed by atoms with E-state index in [2.05, 4.69) is 36.4 Å². The molecule has 0 saturated carbocycles. The number of alkyl halides is 6. The van der Waals surface area contributed by atoms with Crippen molar-refractivity contribution < 1.29 is 35.9 Å². The Morgan fingerprint density at radius 3 is 2.27 bits per heavy atom. The summed E-state index contributed by atoms with van der Waals surface area (Å²) in [6, 6.07) is -0.550. The molecule has 3 N–H and O–H groups in total. The average Bonchev–Trinajstić information content (AvgIpc) is 3.50. The van der Waals surface area contributed by atoms with E-state index in [-0.39, 0.29) is 36.5 Å². The summed E-state index contributed by atoms with van der Waals surface area (Å²) < 4.78 is 83.4. The van der Waals surface area contributed by atoms with Crippen molar-refractivity contribution in [2.45, 2.75) is 52.6 Å². The van der Waals surface area contributed by atoms with Gasteiger partial charge >= 0.3 is 12.4 Å². The molecule has 214 valence electrons. The molecule has 17 heteroatoms. The van der Waals surface area contributed by atoms with Crippen LogP contribution in [0.5, 0.6) is 0 Å². The van der Waals surface area contributed by atoms with E-state index in [0.717, 1.165) is 10.7 Å². The lowest BCUT2D eigenvalue weighted by molar-refractivity contribution is -0.142. The molecule has 9 nitrogen and oxygen atoms in total. The Hall–Kier alpha value is -3.47. The molecule has 4 aromatic rings. The second-order valence-electron chi connectivity index (χ2n) is 8.72. The van der Waals surface area contributed by atoms with Gasteiger partial charge < -0.3 is 11.1 Å². The fraction of sp³-hybridized carbons (Fsp3) is 0.348. The zero-order valence-electron chi connectivity index (χ0n) is 21.1. The number of thiophene rings is 1. The first kappa shape index (κ1) is 29.5. The Balaban J connectivity index is 1.91. The summed E-state index contributed by atoms with van der Waals surface area (Å²) in [5.74, 6) is -1.95. The topological polar surface area (TPSA) is 121 Å². The number of anilines is 1. The van der Waals surface area contributed by atoms with Gasteiger partial charge in [-0.25, -0.2) is 4.98 Å². The fourth-order valence-corrected chi connectivity index (χ4v) is 5.67. The molecule has 2 amide bonds. The molecule has 0 radical (unpaired) electrons. The maximum atomic E-state index is 13.8. The van der Waals surface area contributed by atoms with E-state index in [1.165, 1.54) is 20.0 Å². The average molecular weight is 652 g/mol. The van der Waals surface area contributed by atoms with Crippen LogP contribution < -0.4 is 11.1 Å². The largest absolute Gasteiger partial charge is 0.436 e. The number of primary amides is 1. The number of hydrogen-bond acceptors (Lipinski definition) is 6. The number of pyridine rings is 1. The maximum Gasteiger partial charge on any atom is 0.436 e. The van der Waals surface area contributed by atoms with Crippen molar-refractivity contribution in [3.05, 3.63) is 44.4 Å². The summed E-state index contributed by atoms with van der Waals surface area (Å²) >= 11 is 3.39. The van der Waals surface area contributed by atoms with Crippen molar-refractivity contribution in [2.75, 3.05) is 5.32 Å². The Kier molecular flexibility index (Phi) is 7.51. The highest BCUT2D eigenvalue weighted by Gasteiger charge is 2.39. The van der Waals surface area contributed by atoms with Gasteiger partial charge in [-0.2, -0.15) is 36.5 Å². The van der Waals surface area contributed by atoms with Crippen molar-refractivity contribution >= 4 is 55.0 Å². The summed E-state index contributed by atoms with van der Waals surface area (Å²) in [4.78, 5) is 28.8. The number of hydrogen-bond donors (Lipinski definition) is 2. The molecule has 0 aliphatic carbocycles. The standard InChI is InChI=1S/C23H20BrF6N7O2S/c1-5-36-8(2)12(7-32-36)11-6-13(22(25,26)27)33-21-14(11)16(17(40-21)19(31)38)34-20(39)10(4)37-9(3)15(24)18(35-37)23(28,29)30/h6-7,10H,5H2,1-4H3,(H2,31,38)(H,34,39). The lowest BCUT2D eigenvalue weighted by Crippen LogP contribution is -2.26. The quantitative estimate of drug-likeness (QED) is 0.244. The molecule has 1 unspecified atom stereocenters. The van der Waals surface area contributed by atoms with Gasteiger partial charge in [0.25, 0.3) is 5.91 Å². The monoisotopic (exact) mass is 651 g/mol. The number of rotatable bonds is 6. The van der Waals surface area contributed by atoms with Crippen molar-refractivity contribution in [3.63, 3.8) is 0 Å². The van der Waals surface area contributed by atoms with Crippen molar-refractivity contribution in [2.24, 2.45) is 5.73 Å². The highest BCUT2D eigenvalue weighted by Crippen LogP contribution is 2.44. The molecule has 0 fully saturated rings. The lowest BCUT2D eigenvalue weighted by atomic mass is 10.0. The number of nitrogens with one attached hydrogen (secondary N) is 1. The first-order chi connectivity index (χ1) is 18.5. The molecule has 0 aliphatic heterocycles. The van der Waals surface area contributed by atoms with Crippen LogP contribution in [-0.2, 0) is 23.7 Å². The van der Waals surface area contributed by atoms with Gasteiger partial charge in [-0.05, 0) is 55.3 Å². The number of carbonyl (C=O) groups excluding carboxylic acids is 2. The fourth-order valence-electron chi connectivity index (χ4n) is 4.17. The van der Waals surface area contributed by atoms with Gasteiger partial charge in [0.15, 0.2) is 5.69 Å². The van der Waals surface area contributed by atoms with Crippen molar-refractivity contribution in [1.29, 1.82) is 0 Å². The van der Waals surface area contributed by atoms with E-state index in [4.69, 9.17) is 5.73 Å². The Bertz CT molecular complexity index is 1650. The van der Waals surface area contributed by atoms with Gasteiger partial charge in [0, 0.05) is 23.2 Å². The molecule has 1 atom stereocenters. The highest BCUT2D eigenvalue weighted by molar-refractivity contribution is 9.10. The molecule has 0 aromatic carbocycles. The Morgan fingerprint density at radius 1 is 1.12 bits per heavy atom. The van der Waals surface area contributed by atoms with Gasteiger partial charge in [0.05, 0.1) is 22.1 Å². The van der Waals surface area contributed by atoms with Gasteiger partial charge in [0.1, 0.15) is 21.4 Å². The van der Waals surface area contributed by atoms with Gasteiger partial charge in [-0.1, -0.05) is 0 Å². The molecule has 40 heavy (non-hydrogen) atoms. The van der Waals surface area contributed by atoms with Crippen LogP contribution >= 0.6 is 27.3 Å². The van der Waals surface area contributed by atoms with E-state index >= 15 is 0 Å². The molecule has 0 saturated heterocycles. The molecule has 0 aliphatic rings. The van der Waals surface area contributed by atoms with Crippen LogP contribution in [-0.4, -0.2) is 36.4 Å². The van der Waals surface area contributed by atoms with E-state index in [1.807, 2.05) is 0 Å². The summed E-state index contributed by atoms with van der Waals surface area (Å²) in [5, 5.41) is 10.2. The number of fused-ring (bicyclic) bond motifs is 1. The SMILES string of the molecule is CCn1ncc(-c2cc(C(F)(F)F)nc3sc(C(N)=O)c(NC(=O)C(C)n4nc(C(F)(F)F)c(Br)c4C)c23)c1C. The van der Waals surface area contributed by atoms with Crippen LogP contribution in [0.3, 0.4) is 0 Å². The minimum absolute atomic E-state index is 0.0000515. The third-order valence-corrected chi connectivity index (χ3v) is 8.26. The third kappa shape index (κ3) is 5.07. The van der Waals surface area contributed by atoms with Crippen LogP contribution in [0.1, 0.15) is 52.3 Å². The first-order valence-electron chi connectivity index (χ1n) is 11.5. The number of aromatic nitrogens is 5. The summed E-state index contributed by atoms with van der Waals surface area (Å²) in [6.45, 7) is 6.44. The Labute approximate surface area is 234 Å². The van der Waals surface area contributed by atoms with Crippen molar-refractivity contribution in [1.82, 2.24) is 24.5 Å². The van der Waals surface area contributed by atoms with Gasteiger partial charge in [-0.15, -0.1) is 11.3 Å². The molecular weight excluding hydrogens is 632 g/mol. The zero-order valence-corrected chi connectivity index (χ0v) is 23.5. The van der Waals surface area contributed by atoms with Crippen LogP contribution in [0.4, 0.5) is 32.0 Å². The maximum absolute atomic E-state index is 13.8. The third-order valence-electron chi connectivity index (χ3n) is 6.21. The molecule has 4 aromatic heterocycles. The summed E-state index contributed by atoms with van der Waals surface area (Å²) in [7, 11) is 0. The molecular formula is C23H20BrF6N7O2S. The lowest BCUT2D eigenvalue weighted by Gasteiger charge is -2.16. The van der Waals surface area contributed by atoms with E-state index < -0.39 is 41.6 Å². The van der Waals surface area contributed by atoms with Gasteiger partial charge in [0.2, 0.25) is 5.91 Å². The van der Waals surface area contributed by atoms with E-state index in [9.17, 15) is 35.9 Å².